The Kier molecular flexibility index (Phi) is 4.66. The fraction of sp³-hybridized carbons (Fsp3) is 0.333. The number of methoxy groups -OCH3 is 1. The molecule has 16 heavy (non-hydrogen) atoms. The molecule has 0 aliphatic carbocycles. The van der Waals surface area contributed by atoms with Crippen LogP contribution < -0.4 is 0 Å². The van der Waals surface area contributed by atoms with E-state index in [1.54, 1.807) is 6.21 Å². The molecule has 2 atom stereocenters. The van der Waals surface area contributed by atoms with E-state index in [1.807, 2.05) is 30.3 Å². The van der Waals surface area contributed by atoms with Gasteiger partial charge < -0.3 is 9.84 Å². The summed E-state index contributed by atoms with van der Waals surface area (Å²) in [6.07, 6.45) is 0.682. The number of ether oxygens (including phenoxy) is 1. The molecule has 0 saturated heterocycles. The van der Waals surface area contributed by atoms with E-state index in [1.165, 1.54) is 14.0 Å². The summed E-state index contributed by atoms with van der Waals surface area (Å²) in [6.45, 7) is 1.50. The van der Waals surface area contributed by atoms with E-state index in [4.69, 9.17) is 0 Å². The average molecular weight is 221 g/mol. The maximum atomic E-state index is 11.3. The fourth-order valence-electron chi connectivity index (χ4n) is 1.21. The Bertz CT molecular complexity index is 360. The zero-order valence-electron chi connectivity index (χ0n) is 9.33. The van der Waals surface area contributed by atoms with Crippen molar-refractivity contribution in [3.05, 3.63) is 35.9 Å². The average Bonchev–Trinajstić information content (AvgIpc) is 2.30. The first kappa shape index (κ1) is 12.4. The van der Waals surface area contributed by atoms with Crippen LogP contribution in [-0.2, 0) is 9.53 Å². The number of rotatable bonds is 4. The molecule has 4 heteroatoms. The van der Waals surface area contributed by atoms with Crippen LogP contribution in [0.25, 0.3) is 0 Å². The van der Waals surface area contributed by atoms with Crippen molar-refractivity contribution in [2.75, 3.05) is 7.11 Å². The highest BCUT2D eigenvalue weighted by molar-refractivity contribution is 5.84. The quantitative estimate of drug-likeness (QED) is 0.610. The molecular weight excluding hydrogens is 206 g/mol. The van der Waals surface area contributed by atoms with Gasteiger partial charge in [-0.05, 0) is 12.5 Å². The molecule has 0 amide bonds. The second-order valence-corrected chi connectivity index (χ2v) is 3.40. The van der Waals surface area contributed by atoms with Crippen molar-refractivity contribution in [1.82, 2.24) is 0 Å². The topological polar surface area (TPSA) is 58.9 Å². The number of aliphatic hydroxyl groups excluding tert-OH is 1. The van der Waals surface area contributed by atoms with Gasteiger partial charge >= 0.3 is 5.97 Å². The van der Waals surface area contributed by atoms with Gasteiger partial charge in [0.2, 0.25) is 0 Å². The normalized spacial score (nSPS) is 14.7. The summed E-state index contributed by atoms with van der Waals surface area (Å²) >= 11 is 0. The molecule has 1 aromatic rings. The van der Waals surface area contributed by atoms with E-state index >= 15 is 0 Å². The van der Waals surface area contributed by atoms with Crippen LogP contribution in [0.1, 0.15) is 12.5 Å². The molecule has 0 aliphatic heterocycles. The molecule has 86 valence electrons. The zero-order chi connectivity index (χ0) is 12.0. The van der Waals surface area contributed by atoms with Crippen LogP contribution in [0.2, 0.25) is 0 Å². The summed E-state index contributed by atoms with van der Waals surface area (Å²) in [7, 11) is 1.27. The Labute approximate surface area is 94.6 Å². The van der Waals surface area contributed by atoms with Crippen molar-refractivity contribution < 1.29 is 14.6 Å². The number of carbonyl (C=O) groups is 1. The lowest BCUT2D eigenvalue weighted by atomic mass is 10.2. The zero-order valence-corrected chi connectivity index (χ0v) is 9.33. The summed E-state index contributed by atoms with van der Waals surface area (Å²) in [6, 6.07) is 8.49. The number of aliphatic hydroxyl groups is 1. The van der Waals surface area contributed by atoms with E-state index < -0.39 is 18.1 Å². The number of hydrogen-bond donors (Lipinski definition) is 1. The first-order chi connectivity index (χ1) is 7.65. The number of carbonyl (C=O) groups excluding carboxylic acids is 1. The molecule has 1 N–H and O–H groups in total. The fourth-order valence-corrected chi connectivity index (χ4v) is 1.21. The van der Waals surface area contributed by atoms with Crippen molar-refractivity contribution in [3.63, 3.8) is 0 Å². The van der Waals surface area contributed by atoms with E-state index in [2.05, 4.69) is 9.73 Å². The van der Waals surface area contributed by atoms with Crippen LogP contribution in [0.4, 0.5) is 0 Å². The van der Waals surface area contributed by atoms with Gasteiger partial charge in [0.25, 0.3) is 0 Å². The third kappa shape index (κ3) is 3.47. The van der Waals surface area contributed by atoms with Crippen LogP contribution >= 0.6 is 0 Å². The van der Waals surface area contributed by atoms with Gasteiger partial charge in [0.15, 0.2) is 6.04 Å². The van der Waals surface area contributed by atoms with Crippen molar-refractivity contribution in [2.24, 2.45) is 4.99 Å². The lowest BCUT2D eigenvalue weighted by Gasteiger charge is -2.12. The van der Waals surface area contributed by atoms with Gasteiger partial charge in [0.1, 0.15) is 0 Å². The summed E-state index contributed by atoms with van der Waals surface area (Å²) in [5.41, 5.74) is 0.872. The van der Waals surface area contributed by atoms with Gasteiger partial charge in [-0.25, -0.2) is 4.79 Å². The summed E-state index contributed by atoms with van der Waals surface area (Å²) < 4.78 is 4.55. The molecule has 0 saturated carbocycles. The minimum atomic E-state index is -0.870. The smallest absolute Gasteiger partial charge is 0.333 e. The van der Waals surface area contributed by atoms with Crippen molar-refractivity contribution in [2.45, 2.75) is 19.1 Å². The Morgan fingerprint density at radius 2 is 2.06 bits per heavy atom. The number of esters is 1. The minimum Gasteiger partial charge on any atom is -0.467 e. The monoisotopic (exact) mass is 221 g/mol. The molecule has 1 aromatic carbocycles. The van der Waals surface area contributed by atoms with Gasteiger partial charge in [-0.3, -0.25) is 4.99 Å². The van der Waals surface area contributed by atoms with E-state index in [-0.39, 0.29) is 0 Å². The van der Waals surface area contributed by atoms with Crippen LogP contribution in [0.3, 0.4) is 0 Å². The van der Waals surface area contributed by atoms with Crippen molar-refractivity contribution in [1.29, 1.82) is 0 Å². The van der Waals surface area contributed by atoms with E-state index in [9.17, 15) is 9.90 Å². The molecule has 0 bridgehead atoms. The minimum absolute atomic E-state index is 0.540. The lowest BCUT2D eigenvalue weighted by molar-refractivity contribution is -0.144. The van der Waals surface area contributed by atoms with Gasteiger partial charge in [0, 0.05) is 6.21 Å². The van der Waals surface area contributed by atoms with Gasteiger partial charge in [-0.1, -0.05) is 30.3 Å². The molecule has 0 spiro atoms. The summed E-state index contributed by atoms with van der Waals surface area (Å²) in [4.78, 5) is 15.3. The molecular formula is C12H15NO3. The standard InChI is InChI=1S/C12H15NO3/c1-9(14)11(12(15)16-2)13-8-10-6-4-3-5-7-10/h3-9,11,14H,1-2H3/t9-,11+/m1/s1. The van der Waals surface area contributed by atoms with Gasteiger partial charge in [-0.15, -0.1) is 0 Å². The Morgan fingerprint density at radius 1 is 1.44 bits per heavy atom. The Hall–Kier alpha value is -1.68. The highest BCUT2D eigenvalue weighted by Crippen LogP contribution is 2.02. The molecule has 4 nitrogen and oxygen atoms in total. The first-order valence-electron chi connectivity index (χ1n) is 4.99. The molecule has 0 fully saturated rings. The molecule has 0 aromatic heterocycles. The second kappa shape index (κ2) is 6.02. The third-order valence-corrected chi connectivity index (χ3v) is 2.08. The highest BCUT2D eigenvalue weighted by Gasteiger charge is 2.22. The maximum Gasteiger partial charge on any atom is 0.333 e. The van der Waals surface area contributed by atoms with Crippen LogP contribution in [-0.4, -0.2) is 36.5 Å². The lowest BCUT2D eigenvalue weighted by Crippen LogP contribution is -2.31. The van der Waals surface area contributed by atoms with Crippen LogP contribution in [0.5, 0.6) is 0 Å². The third-order valence-electron chi connectivity index (χ3n) is 2.08. The molecule has 0 aliphatic rings. The number of nitrogens with zero attached hydrogens (tertiary/aromatic N) is 1. The number of benzene rings is 1. The SMILES string of the molecule is COC(=O)[C@@H](N=Cc1ccccc1)[C@@H](C)O. The molecule has 0 heterocycles. The van der Waals surface area contributed by atoms with Gasteiger partial charge in [0.05, 0.1) is 13.2 Å². The molecule has 0 radical (unpaired) electrons. The van der Waals surface area contributed by atoms with Crippen LogP contribution in [0, 0.1) is 0 Å². The Balaban J connectivity index is 2.76. The maximum absolute atomic E-state index is 11.3. The summed E-state index contributed by atoms with van der Waals surface area (Å²) in [5, 5.41) is 9.38. The van der Waals surface area contributed by atoms with Gasteiger partial charge in [-0.2, -0.15) is 0 Å². The second-order valence-electron chi connectivity index (χ2n) is 3.40. The predicted octanol–water partition coefficient (Wildman–Crippen LogP) is 1.03. The number of hydrogen-bond acceptors (Lipinski definition) is 4. The van der Waals surface area contributed by atoms with Crippen molar-refractivity contribution in [3.8, 4) is 0 Å². The molecule has 1 rings (SSSR count). The predicted molar refractivity (Wildman–Crippen MR) is 61.5 cm³/mol. The number of aliphatic imine (C=N–C) groups is 1. The van der Waals surface area contributed by atoms with E-state index in [0.29, 0.717) is 0 Å². The van der Waals surface area contributed by atoms with E-state index in [0.717, 1.165) is 5.56 Å². The van der Waals surface area contributed by atoms with Crippen LogP contribution in [0.15, 0.2) is 35.3 Å². The van der Waals surface area contributed by atoms with Crippen molar-refractivity contribution >= 4 is 12.2 Å². The first-order valence-corrected chi connectivity index (χ1v) is 4.99. The Morgan fingerprint density at radius 3 is 2.56 bits per heavy atom. The molecule has 0 unspecified atom stereocenters. The highest BCUT2D eigenvalue weighted by atomic mass is 16.5. The summed E-state index contributed by atoms with van der Waals surface area (Å²) in [5.74, 6) is -0.540. The largest absolute Gasteiger partial charge is 0.467 e.